The van der Waals surface area contributed by atoms with E-state index in [-0.39, 0.29) is 41.6 Å². The third-order valence-electron chi connectivity index (χ3n) is 7.41. The summed E-state index contributed by atoms with van der Waals surface area (Å²) in [6.07, 6.45) is 3.72. The molecule has 1 saturated carbocycles. The predicted octanol–water partition coefficient (Wildman–Crippen LogP) is 7.76. The number of hydrogen-bond acceptors (Lipinski definition) is 4. The number of allylic oxidation sites excluding steroid dienone is 3. The predicted molar refractivity (Wildman–Crippen MR) is 154 cm³/mol. The molecule has 2 rings (SSSR count). The molecule has 7 heteroatoms. The Kier molecular flexibility index (Phi) is 14.3. The number of carbonyl (C=O) groups is 1. The zero-order valence-corrected chi connectivity index (χ0v) is 24.2. The van der Waals surface area contributed by atoms with Gasteiger partial charge in [0.15, 0.2) is 6.29 Å². The molecule has 1 aromatic carbocycles. The zero-order valence-electron chi connectivity index (χ0n) is 24.2. The summed E-state index contributed by atoms with van der Waals surface area (Å²) < 4.78 is 46.2. The third kappa shape index (κ3) is 8.67. The van der Waals surface area contributed by atoms with E-state index in [2.05, 4.69) is 22.0 Å². The Morgan fingerprint density at radius 3 is 2.53 bits per heavy atom. The molecule has 4 atom stereocenters. The van der Waals surface area contributed by atoms with Gasteiger partial charge in [-0.1, -0.05) is 39.0 Å². The van der Waals surface area contributed by atoms with Crippen molar-refractivity contribution in [3.05, 3.63) is 58.2 Å². The minimum absolute atomic E-state index is 0.0192. The molecule has 1 N–H and O–H groups in total. The van der Waals surface area contributed by atoms with Crippen LogP contribution in [0.15, 0.2) is 51.2 Å². The second-order valence-electron chi connectivity index (χ2n) is 9.70. The van der Waals surface area contributed by atoms with E-state index < -0.39 is 17.7 Å². The minimum atomic E-state index is -1.98. The molecule has 0 spiro atoms. The van der Waals surface area contributed by atoms with Crippen molar-refractivity contribution in [2.45, 2.75) is 91.9 Å². The van der Waals surface area contributed by atoms with Crippen molar-refractivity contribution < 1.29 is 18.0 Å². The second kappa shape index (κ2) is 16.3. The van der Waals surface area contributed by atoms with Gasteiger partial charge in [-0.2, -0.15) is 0 Å². The summed E-state index contributed by atoms with van der Waals surface area (Å²) in [4.78, 5) is 19.7. The molecule has 0 amide bonds. The molecule has 0 aliphatic heterocycles. The van der Waals surface area contributed by atoms with Gasteiger partial charge in [-0.25, -0.2) is 18.2 Å². The van der Waals surface area contributed by atoms with Gasteiger partial charge < -0.3 is 10.3 Å². The fourth-order valence-electron chi connectivity index (χ4n) is 4.99. The van der Waals surface area contributed by atoms with Crippen molar-refractivity contribution in [1.29, 1.82) is 0 Å². The molecule has 4 unspecified atom stereocenters. The van der Waals surface area contributed by atoms with Crippen molar-refractivity contribution >= 4 is 18.7 Å². The number of carbonyl (C=O) groups excluding carboxylic acids is 1. The largest absolute Gasteiger partial charge is 0.392 e. The molecule has 0 bridgehead atoms. The van der Waals surface area contributed by atoms with Gasteiger partial charge in [-0.15, -0.1) is 0 Å². The van der Waals surface area contributed by atoms with Crippen molar-refractivity contribution in [2.75, 3.05) is 13.6 Å². The minimum Gasteiger partial charge on any atom is -0.392 e. The highest BCUT2D eigenvalue weighted by molar-refractivity contribution is 6.09. The van der Waals surface area contributed by atoms with E-state index in [9.17, 15) is 4.79 Å². The molecule has 1 fully saturated rings. The maximum absolute atomic E-state index is 15.7. The highest BCUT2D eigenvalue weighted by atomic mass is 19.1. The Labute approximate surface area is 227 Å². The van der Waals surface area contributed by atoms with E-state index in [1.54, 1.807) is 26.0 Å². The lowest BCUT2D eigenvalue weighted by Crippen LogP contribution is -2.34. The van der Waals surface area contributed by atoms with Crippen LogP contribution >= 0.6 is 0 Å². The van der Waals surface area contributed by atoms with Gasteiger partial charge in [-0.05, 0) is 95.1 Å². The fraction of sp³-hybridized carbons (Fsp3) is 0.581. The van der Waals surface area contributed by atoms with Crippen molar-refractivity contribution in [2.24, 2.45) is 21.8 Å². The number of nitrogens with one attached hydrogen (secondary N) is 1. The molecular formula is C31H46F3N3O. The maximum Gasteiger partial charge on any atom is 0.168 e. The molecule has 0 aromatic heterocycles. The van der Waals surface area contributed by atoms with Crippen molar-refractivity contribution in [3.63, 3.8) is 0 Å². The summed E-state index contributed by atoms with van der Waals surface area (Å²) >= 11 is 0. The van der Waals surface area contributed by atoms with Gasteiger partial charge >= 0.3 is 0 Å². The number of aliphatic imine (C=N–C) groups is 2. The Morgan fingerprint density at radius 2 is 1.97 bits per heavy atom. The molecule has 1 aliphatic carbocycles. The number of alkyl halides is 2. The number of hydrogen-bond donors (Lipinski definition) is 1. The first-order valence-electron chi connectivity index (χ1n) is 13.7. The highest BCUT2D eigenvalue weighted by Crippen LogP contribution is 2.40. The number of nitrogens with zero attached hydrogens (tertiary/aromatic N) is 2. The molecule has 1 aliphatic rings. The topological polar surface area (TPSA) is 53.8 Å². The van der Waals surface area contributed by atoms with Gasteiger partial charge in [0.05, 0.1) is 11.4 Å². The third-order valence-corrected chi connectivity index (χ3v) is 7.41. The van der Waals surface area contributed by atoms with E-state index in [1.165, 1.54) is 24.6 Å². The molecule has 1 aromatic rings. The Bertz CT molecular complexity index is 1010. The lowest BCUT2D eigenvalue weighted by molar-refractivity contribution is -0.104. The fourth-order valence-corrected chi connectivity index (χ4v) is 4.99. The summed E-state index contributed by atoms with van der Waals surface area (Å²) in [6.45, 7) is 14.8. The number of halogens is 3. The van der Waals surface area contributed by atoms with E-state index >= 15 is 13.2 Å². The summed E-state index contributed by atoms with van der Waals surface area (Å²) in [7, 11) is 1.87. The standard InChI is InChI=1S/C29H40F3N3O.C2H6/c1-7-23(18-36)35-28(29(4,32)8-2)27-21(10-9-11-26(27)31)17-22-16-20(12-13-25(22)30)24(14-15-33-5)19(3)34-6;1-2/h7,9-11,18,20,22,25,34H,5,8,12-17H2,1-4,6H3;1-2H3/b23-7-,24-19-,35-28?;. The SMILES string of the molecule is C=NCC/C(=C(\C)NC)C1CCC(F)C(Cc2cccc(F)c2C(=N/C(C=O)=C\C)C(C)(F)CC)C1.CC. The van der Waals surface area contributed by atoms with E-state index in [4.69, 9.17) is 0 Å². The van der Waals surface area contributed by atoms with Crippen molar-refractivity contribution in [1.82, 2.24) is 5.32 Å². The first-order valence-corrected chi connectivity index (χ1v) is 13.7. The summed E-state index contributed by atoms with van der Waals surface area (Å²) in [5.41, 5.74) is 0.715. The Hall–Kier alpha value is -2.70. The van der Waals surface area contributed by atoms with Crippen LogP contribution in [-0.4, -0.2) is 44.1 Å². The lowest BCUT2D eigenvalue weighted by Gasteiger charge is -2.35. The first kappa shape index (κ1) is 33.3. The van der Waals surface area contributed by atoms with E-state index in [0.29, 0.717) is 31.2 Å². The molecule has 4 nitrogen and oxygen atoms in total. The Morgan fingerprint density at radius 1 is 1.29 bits per heavy atom. The second-order valence-corrected chi connectivity index (χ2v) is 9.70. The van der Waals surface area contributed by atoms with Gasteiger partial charge in [0, 0.05) is 24.9 Å². The summed E-state index contributed by atoms with van der Waals surface area (Å²) in [5, 5.41) is 3.21. The van der Waals surface area contributed by atoms with Crippen LogP contribution in [0, 0.1) is 17.7 Å². The normalized spacial score (nSPS) is 22.4. The smallest absolute Gasteiger partial charge is 0.168 e. The number of aldehydes is 1. The van der Waals surface area contributed by atoms with Crippen LogP contribution in [-0.2, 0) is 11.2 Å². The average Bonchev–Trinajstić information content (AvgIpc) is 2.92. The van der Waals surface area contributed by atoms with E-state index in [1.807, 2.05) is 27.8 Å². The molecule has 38 heavy (non-hydrogen) atoms. The number of rotatable bonds is 12. The van der Waals surface area contributed by atoms with Crippen LogP contribution < -0.4 is 5.32 Å². The summed E-state index contributed by atoms with van der Waals surface area (Å²) in [6, 6.07) is 4.53. The van der Waals surface area contributed by atoms with Crippen LogP contribution in [0.4, 0.5) is 13.2 Å². The molecule has 0 radical (unpaired) electrons. The molecule has 0 saturated heterocycles. The van der Waals surface area contributed by atoms with Crippen LogP contribution in [0.5, 0.6) is 0 Å². The molecule has 212 valence electrons. The van der Waals surface area contributed by atoms with E-state index in [0.717, 1.165) is 18.5 Å². The zero-order chi connectivity index (χ0) is 28.9. The van der Waals surface area contributed by atoms with Crippen LogP contribution in [0.3, 0.4) is 0 Å². The average molecular weight is 534 g/mol. The van der Waals surface area contributed by atoms with Gasteiger partial charge in [-0.3, -0.25) is 4.79 Å². The monoisotopic (exact) mass is 533 g/mol. The van der Waals surface area contributed by atoms with Crippen LogP contribution in [0.25, 0.3) is 0 Å². The van der Waals surface area contributed by atoms with Gasteiger partial charge in [0.25, 0.3) is 0 Å². The quantitative estimate of drug-likeness (QED) is 0.170. The van der Waals surface area contributed by atoms with Crippen LogP contribution in [0.1, 0.15) is 84.8 Å². The summed E-state index contributed by atoms with van der Waals surface area (Å²) in [5.74, 6) is -0.814. The lowest BCUT2D eigenvalue weighted by atomic mass is 9.72. The molecular weight excluding hydrogens is 487 g/mol. The van der Waals surface area contributed by atoms with Gasteiger partial charge in [0.1, 0.15) is 17.7 Å². The first-order chi connectivity index (χ1) is 18.1. The number of benzene rings is 1. The van der Waals surface area contributed by atoms with Crippen molar-refractivity contribution in [3.8, 4) is 0 Å². The van der Waals surface area contributed by atoms with Gasteiger partial charge in [0.2, 0.25) is 0 Å². The maximum atomic E-state index is 15.7. The van der Waals surface area contributed by atoms with Crippen LogP contribution in [0.2, 0.25) is 0 Å². The molecule has 0 heterocycles. The highest BCUT2D eigenvalue weighted by Gasteiger charge is 2.36. The Balaban J connectivity index is 0.00000352.